The molecule has 0 N–H and O–H groups in total. The molecule has 0 aliphatic carbocycles. The summed E-state index contributed by atoms with van der Waals surface area (Å²) >= 11 is 6.40. The van der Waals surface area contributed by atoms with E-state index in [0.29, 0.717) is 0 Å². The number of halogens is 1. The minimum absolute atomic E-state index is 0.745. The summed E-state index contributed by atoms with van der Waals surface area (Å²) in [5.74, 6) is 0.889. The highest BCUT2D eigenvalue weighted by atomic mass is 35.5. The molecule has 0 radical (unpaired) electrons. The fourth-order valence-electron chi connectivity index (χ4n) is 5.94. The lowest BCUT2D eigenvalue weighted by atomic mass is 9.96. The van der Waals surface area contributed by atoms with Crippen LogP contribution in [-0.4, -0.2) is 16.2 Å². The fourth-order valence-corrected chi connectivity index (χ4v) is 6.15. The zero-order chi connectivity index (χ0) is 24.2. The Labute approximate surface area is 215 Å². The van der Waals surface area contributed by atoms with Crippen LogP contribution in [0.5, 0.6) is 5.75 Å². The molecule has 0 spiro atoms. The quantitative estimate of drug-likeness (QED) is 0.245. The molecule has 0 atom stereocenters. The first-order valence-corrected chi connectivity index (χ1v) is 12.7. The van der Waals surface area contributed by atoms with Gasteiger partial charge >= 0.3 is 0 Å². The Morgan fingerprint density at radius 1 is 0.778 bits per heavy atom. The molecule has 1 aliphatic rings. The number of aryl methyl sites for hydroxylation is 2. The highest BCUT2D eigenvalue weighted by molar-refractivity contribution is 6.30. The van der Waals surface area contributed by atoms with E-state index in [1.165, 1.54) is 55.4 Å². The molecule has 4 heteroatoms. The molecule has 3 heterocycles. The third-order valence-corrected chi connectivity index (χ3v) is 7.68. The van der Waals surface area contributed by atoms with Gasteiger partial charge in [-0.15, -0.1) is 0 Å². The van der Waals surface area contributed by atoms with Gasteiger partial charge in [0.05, 0.1) is 18.5 Å². The van der Waals surface area contributed by atoms with Gasteiger partial charge in [-0.1, -0.05) is 72.3 Å². The molecule has 0 amide bonds. The Kier molecular flexibility index (Phi) is 4.93. The lowest BCUT2D eigenvalue weighted by Gasteiger charge is -2.22. The number of benzene rings is 4. The van der Waals surface area contributed by atoms with Crippen LogP contribution in [-0.2, 0) is 19.5 Å². The van der Waals surface area contributed by atoms with Crippen molar-refractivity contribution in [1.29, 1.82) is 0 Å². The zero-order valence-corrected chi connectivity index (χ0v) is 20.8. The molecule has 2 aromatic heterocycles. The Balaban J connectivity index is 1.60. The van der Waals surface area contributed by atoms with Gasteiger partial charge in [0.15, 0.2) is 0 Å². The zero-order valence-electron chi connectivity index (χ0n) is 20.0. The minimum atomic E-state index is 0.745. The Hall–Kier alpha value is -3.95. The van der Waals surface area contributed by atoms with Gasteiger partial charge in [0.2, 0.25) is 0 Å². The van der Waals surface area contributed by atoms with Gasteiger partial charge in [-0.25, -0.2) is 0 Å². The first-order valence-electron chi connectivity index (χ1n) is 12.3. The van der Waals surface area contributed by atoms with E-state index < -0.39 is 0 Å². The maximum Gasteiger partial charge on any atom is 0.119 e. The lowest BCUT2D eigenvalue weighted by Crippen LogP contribution is -2.13. The van der Waals surface area contributed by atoms with Crippen molar-refractivity contribution in [2.75, 3.05) is 7.11 Å². The van der Waals surface area contributed by atoms with Gasteiger partial charge in [-0.3, -0.25) is 0 Å². The highest BCUT2D eigenvalue weighted by Crippen LogP contribution is 2.47. The summed E-state index contributed by atoms with van der Waals surface area (Å²) in [5.41, 5.74) is 10.2. The van der Waals surface area contributed by atoms with Crippen molar-refractivity contribution < 1.29 is 4.74 Å². The summed E-state index contributed by atoms with van der Waals surface area (Å²) in [6, 6.07) is 34.3. The molecule has 6 aromatic rings. The van der Waals surface area contributed by atoms with Crippen molar-refractivity contribution in [2.24, 2.45) is 0 Å². The van der Waals surface area contributed by atoms with E-state index in [2.05, 4.69) is 94.1 Å². The molecular weight excluding hydrogens is 464 g/mol. The van der Waals surface area contributed by atoms with Crippen LogP contribution in [0.1, 0.15) is 11.1 Å². The van der Waals surface area contributed by atoms with Crippen LogP contribution in [0.3, 0.4) is 0 Å². The van der Waals surface area contributed by atoms with Crippen molar-refractivity contribution in [3.05, 3.63) is 113 Å². The molecule has 3 nitrogen and oxygen atoms in total. The van der Waals surface area contributed by atoms with Gasteiger partial charge in [0.1, 0.15) is 5.75 Å². The average molecular weight is 489 g/mol. The summed E-state index contributed by atoms with van der Waals surface area (Å²) in [4.78, 5) is 0. The Morgan fingerprint density at radius 3 is 2.44 bits per heavy atom. The first kappa shape index (κ1) is 21.3. The smallest absolute Gasteiger partial charge is 0.119 e. The SMILES string of the molecule is COc1ccc2c(c1)c1c(n2Cc2cccc(Cl)c2)-c2c(-c3ccccc3)c3ccccc3n2CC1. The van der Waals surface area contributed by atoms with E-state index in [-0.39, 0.29) is 0 Å². The molecule has 176 valence electrons. The van der Waals surface area contributed by atoms with Gasteiger partial charge in [-0.2, -0.15) is 0 Å². The molecular formula is C32H25ClN2O. The van der Waals surface area contributed by atoms with Crippen molar-refractivity contribution in [1.82, 2.24) is 9.13 Å². The second-order valence-electron chi connectivity index (χ2n) is 9.43. The Morgan fingerprint density at radius 2 is 1.61 bits per heavy atom. The fraction of sp³-hybridized carbons (Fsp3) is 0.125. The van der Waals surface area contributed by atoms with E-state index >= 15 is 0 Å². The summed E-state index contributed by atoms with van der Waals surface area (Å²) in [7, 11) is 1.74. The Bertz CT molecular complexity index is 1760. The third kappa shape index (κ3) is 3.20. The molecule has 0 fully saturated rings. The van der Waals surface area contributed by atoms with Gasteiger partial charge < -0.3 is 13.9 Å². The van der Waals surface area contributed by atoms with E-state index in [1.807, 2.05) is 12.1 Å². The summed E-state index contributed by atoms with van der Waals surface area (Å²) in [5, 5.41) is 3.32. The summed E-state index contributed by atoms with van der Waals surface area (Å²) in [6.45, 7) is 1.69. The maximum absolute atomic E-state index is 6.40. The molecule has 7 rings (SSSR count). The van der Waals surface area contributed by atoms with Gasteiger partial charge in [-0.05, 0) is 59.5 Å². The lowest BCUT2D eigenvalue weighted by molar-refractivity contribution is 0.415. The minimum Gasteiger partial charge on any atom is -0.497 e. The average Bonchev–Trinajstić information content (AvgIpc) is 3.42. The number of methoxy groups -OCH3 is 1. The predicted molar refractivity (Wildman–Crippen MR) is 149 cm³/mol. The normalized spacial score (nSPS) is 12.6. The number of fused-ring (bicyclic) bond motifs is 7. The van der Waals surface area contributed by atoms with Gasteiger partial charge in [0, 0.05) is 45.5 Å². The number of aromatic nitrogens is 2. The number of hydrogen-bond acceptors (Lipinski definition) is 1. The number of nitrogens with zero attached hydrogens (tertiary/aromatic N) is 2. The van der Waals surface area contributed by atoms with Crippen LogP contribution in [0.4, 0.5) is 0 Å². The largest absolute Gasteiger partial charge is 0.497 e. The molecule has 4 aromatic carbocycles. The van der Waals surface area contributed by atoms with Gasteiger partial charge in [0.25, 0.3) is 0 Å². The maximum atomic E-state index is 6.40. The van der Waals surface area contributed by atoms with Crippen LogP contribution in [0.15, 0.2) is 97.1 Å². The van der Waals surface area contributed by atoms with Crippen molar-refractivity contribution >= 4 is 33.4 Å². The first-order chi connectivity index (χ1) is 17.7. The van der Waals surface area contributed by atoms with Crippen LogP contribution < -0.4 is 4.74 Å². The second kappa shape index (κ2) is 8.32. The summed E-state index contributed by atoms with van der Waals surface area (Å²) in [6.07, 6.45) is 0.974. The molecule has 0 saturated heterocycles. The second-order valence-corrected chi connectivity index (χ2v) is 9.87. The molecule has 36 heavy (non-hydrogen) atoms. The van der Waals surface area contributed by atoms with Crippen molar-refractivity contribution in [3.8, 4) is 28.3 Å². The van der Waals surface area contributed by atoms with Crippen LogP contribution in [0.2, 0.25) is 5.02 Å². The van der Waals surface area contributed by atoms with Crippen molar-refractivity contribution in [2.45, 2.75) is 19.5 Å². The summed E-state index contributed by atoms with van der Waals surface area (Å²) < 4.78 is 10.6. The third-order valence-electron chi connectivity index (χ3n) is 7.45. The number of hydrogen-bond donors (Lipinski definition) is 0. The number of rotatable bonds is 4. The highest BCUT2D eigenvalue weighted by Gasteiger charge is 2.30. The number of ether oxygens (including phenoxy) is 1. The molecule has 0 unspecified atom stereocenters. The van der Waals surface area contributed by atoms with Crippen LogP contribution in [0.25, 0.3) is 44.3 Å². The molecule has 0 saturated carbocycles. The standard InChI is InChI=1S/C32H25ClN2O/c1-36-24-14-15-29-27(19-24)25-16-17-34-28-13-6-5-12-26(28)30(22-9-3-2-4-10-22)32(34)31(25)35(29)20-21-8-7-11-23(33)18-21/h2-15,18-19H,16-17,20H2,1H3. The molecule has 1 aliphatic heterocycles. The van der Waals surface area contributed by atoms with E-state index in [1.54, 1.807) is 7.11 Å². The van der Waals surface area contributed by atoms with E-state index in [4.69, 9.17) is 16.3 Å². The van der Waals surface area contributed by atoms with E-state index in [0.717, 1.165) is 30.3 Å². The van der Waals surface area contributed by atoms with Crippen molar-refractivity contribution in [3.63, 3.8) is 0 Å². The number of para-hydroxylation sites is 1. The topological polar surface area (TPSA) is 19.1 Å². The predicted octanol–water partition coefficient (Wildman–Crippen LogP) is 8.20. The van der Waals surface area contributed by atoms with E-state index in [9.17, 15) is 0 Å². The molecule has 0 bridgehead atoms. The van der Waals surface area contributed by atoms with Crippen LogP contribution in [0, 0.1) is 0 Å². The van der Waals surface area contributed by atoms with Crippen LogP contribution >= 0.6 is 11.6 Å². The monoisotopic (exact) mass is 488 g/mol.